The van der Waals surface area contributed by atoms with Crippen LogP contribution >= 0.6 is 0 Å². The first-order valence-corrected chi connectivity index (χ1v) is 23.3. The van der Waals surface area contributed by atoms with E-state index >= 15 is 0 Å². The summed E-state index contributed by atoms with van der Waals surface area (Å²) in [6.45, 7) is 10.8. The van der Waals surface area contributed by atoms with Gasteiger partial charge in [-0.05, 0) is 76.2 Å². The van der Waals surface area contributed by atoms with Crippen molar-refractivity contribution in [3.8, 4) is 0 Å². The van der Waals surface area contributed by atoms with E-state index in [0.29, 0.717) is 35.6 Å². The van der Waals surface area contributed by atoms with Crippen molar-refractivity contribution in [1.29, 1.82) is 10.8 Å². The van der Waals surface area contributed by atoms with Gasteiger partial charge in [-0.3, -0.25) is 59.6 Å². The van der Waals surface area contributed by atoms with Crippen molar-refractivity contribution in [2.45, 2.75) is 46.0 Å². The predicted molar refractivity (Wildman–Crippen MR) is 243 cm³/mol. The molecule has 0 aliphatic carbocycles. The number of benzene rings is 2. The Morgan fingerprint density at radius 2 is 1.12 bits per heavy atom. The van der Waals surface area contributed by atoms with E-state index in [4.69, 9.17) is 29.8 Å². The standard InChI is InChI=1S/C25H36N6O7.C17H22N4O8S/c1-4-36-21(32)13-27-24(34)28-23(26)18-5-7-19(8-6-18)31-15-20(38-25(31)35)14-29-9-11-30(12-10-29)16-22(33)37-17(2)3;1-3-27-14(22)8-19-16(23)20-15(18)11-4-6-12(7-5-11)21-9-13(29-17(21)24)10-28-30(2,25)26/h5-8,17,20H,4,9-16H2,1-3H3,(H3,26,27,28,34);4-7,13H,3,8-10H2,1-2H3,(H3,18,19,20,23). The van der Waals surface area contributed by atoms with Gasteiger partial charge in [-0.15, -0.1) is 0 Å². The molecule has 25 nitrogen and oxygen atoms in total. The van der Waals surface area contributed by atoms with Crippen LogP contribution in [0.1, 0.15) is 38.8 Å². The summed E-state index contributed by atoms with van der Waals surface area (Å²) in [5.74, 6) is -1.76. The summed E-state index contributed by atoms with van der Waals surface area (Å²) in [7, 11) is -3.65. The van der Waals surface area contributed by atoms with Crippen LogP contribution in [0.4, 0.5) is 30.6 Å². The Morgan fingerprint density at radius 1 is 0.691 bits per heavy atom. The Labute approximate surface area is 393 Å². The van der Waals surface area contributed by atoms with Gasteiger partial charge in [-0.2, -0.15) is 8.42 Å². The van der Waals surface area contributed by atoms with E-state index in [1.165, 1.54) is 21.9 Å². The molecule has 0 bridgehead atoms. The normalized spacial score (nSPS) is 17.2. The number of amides is 6. The van der Waals surface area contributed by atoms with Crippen LogP contribution in [-0.2, 0) is 52.4 Å². The van der Waals surface area contributed by atoms with E-state index in [2.05, 4.69) is 40.0 Å². The topological polar surface area (TPSA) is 318 Å². The van der Waals surface area contributed by atoms with E-state index in [1.54, 1.807) is 50.2 Å². The quantitative estimate of drug-likeness (QED) is 0.0398. The van der Waals surface area contributed by atoms with Gasteiger partial charge in [0.2, 0.25) is 0 Å². The van der Waals surface area contributed by atoms with Crippen molar-refractivity contribution < 1.29 is 69.8 Å². The van der Waals surface area contributed by atoms with Crippen molar-refractivity contribution in [1.82, 2.24) is 31.1 Å². The van der Waals surface area contributed by atoms with Gasteiger partial charge < -0.3 is 34.3 Å². The fraction of sp³-hybridized carbons (Fsp3) is 0.500. The van der Waals surface area contributed by atoms with Gasteiger partial charge in [0.15, 0.2) is 0 Å². The third-order valence-corrected chi connectivity index (χ3v) is 10.2. The summed E-state index contributed by atoms with van der Waals surface area (Å²) < 4.78 is 52.0. The lowest BCUT2D eigenvalue weighted by Gasteiger charge is -2.34. The van der Waals surface area contributed by atoms with Crippen LogP contribution in [0, 0.1) is 10.8 Å². The molecule has 3 saturated heterocycles. The highest BCUT2D eigenvalue weighted by Crippen LogP contribution is 2.24. The zero-order chi connectivity index (χ0) is 50.0. The van der Waals surface area contributed by atoms with Crippen molar-refractivity contribution in [2.24, 2.45) is 0 Å². The van der Waals surface area contributed by atoms with Crippen molar-refractivity contribution in [3.63, 3.8) is 0 Å². The number of nitrogens with zero attached hydrogens (tertiary/aromatic N) is 4. The number of carbonyl (C=O) groups excluding carboxylic acids is 7. The number of anilines is 2. The van der Waals surface area contributed by atoms with E-state index in [0.717, 1.165) is 32.4 Å². The highest BCUT2D eigenvalue weighted by molar-refractivity contribution is 7.86. The first kappa shape index (κ1) is 53.7. The van der Waals surface area contributed by atoms with Crippen molar-refractivity contribution >= 4 is 75.3 Å². The summed E-state index contributed by atoms with van der Waals surface area (Å²) in [5.41, 5.74) is 1.87. The van der Waals surface area contributed by atoms with Gasteiger partial charge in [0, 0.05) is 55.2 Å². The number of esters is 3. The number of carbonyl (C=O) groups is 7. The fourth-order valence-electron chi connectivity index (χ4n) is 6.55. The first-order chi connectivity index (χ1) is 32.2. The molecule has 0 aromatic heterocycles. The van der Waals surface area contributed by atoms with E-state index in [1.807, 2.05) is 13.8 Å². The van der Waals surface area contributed by atoms with Gasteiger partial charge >= 0.3 is 42.2 Å². The molecule has 2 unspecified atom stereocenters. The van der Waals surface area contributed by atoms with Crippen molar-refractivity contribution in [3.05, 3.63) is 59.7 Å². The SMILES string of the molecule is CCOC(=O)CNC(=O)NC(=N)c1ccc(N2CC(CN3CCN(CC(=O)OC(C)C)CC3)OC2=O)cc1.CCOC(=O)CNC(=O)NC(=N)c1ccc(N2CC(COS(C)(=O)=O)OC2=O)cc1. The number of piperazine rings is 1. The summed E-state index contributed by atoms with van der Waals surface area (Å²) >= 11 is 0. The highest BCUT2D eigenvalue weighted by atomic mass is 32.2. The minimum Gasteiger partial charge on any atom is -0.465 e. The van der Waals surface area contributed by atoms with Crippen LogP contribution in [-0.4, -0.2) is 182 Å². The molecule has 0 radical (unpaired) electrons. The average Bonchev–Trinajstić information content (AvgIpc) is 3.85. The molecule has 6 amide bonds. The monoisotopic (exact) mass is 974 g/mol. The Kier molecular flexibility index (Phi) is 20.4. The van der Waals surface area contributed by atoms with E-state index in [-0.39, 0.29) is 75.8 Å². The molecular formula is C42H58N10O15S. The second kappa shape index (κ2) is 25.9. The lowest BCUT2D eigenvalue weighted by Crippen LogP contribution is -2.50. The maximum atomic E-state index is 12.5. The third kappa shape index (κ3) is 18.1. The Hall–Kier alpha value is -6.90. The number of nitrogens with one attached hydrogen (secondary N) is 6. The lowest BCUT2D eigenvalue weighted by molar-refractivity contribution is -0.149. The number of urea groups is 2. The summed E-state index contributed by atoms with van der Waals surface area (Å²) in [6.07, 6.45) is -1.35. The van der Waals surface area contributed by atoms with E-state index in [9.17, 15) is 42.0 Å². The van der Waals surface area contributed by atoms with Crippen LogP contribution in [0.3, 0.4) is 0 Å². The molecule has 26 heteroatoms. The summed E-state index contributed by atoms with van der Waals surface area (Å²) in [4.78, 5) is 89.6. The maximum absolute atomic E-state index is 12.5. The predicted octanol–water partition coefficient (Wildman–Crippen LogP) is 0.944. The molecule has 6 N–H and O–H groups in total. The highest BCUT2D eigenvalue weighted by Gasteiger charge is 2.35. The number of hydrogen-bond donors (Lipinski definition) is 6. The maximum Gasteiger partial charge on any atom is 0.414 e. The molecule has 2 aromatic rings. The number of hydrogen-bond acceptors (Lipinski definition) is 19. The second-order valence-electron chi connectivity index (χ2n) is 15.4. The van der Waals surface area contributed by atoms with Crippen LogP contribution in [0.2, 0.25) is 0 Å². The number of amidine groups is 2. The lowest BCUT2D eigenvalue weighted by atomic mass is 10.1. The second-order valence-corrected chi connectivity index (χ2v) is 17.0. The Bertz CT molecular complexity index is 2240. The van der Waals surface area contributed by atoms with Crippen molar-refractivity contribution in [2.75, 3.05) is 101 Å². The molecule has 372 valence electrons. The third-order valence-electron chi connectivity index (χ3n) is 9.67. The zero-order valence-corrected chi connectivity index (χ0v) is 39.2. The van der Waals surface area contributed by atoms with Gasteiger partial charge in [-0.25, -0.2) is 19.2 Å². The molecule has 0 saturated carbocycles. The molecule has 5 rings (SSSR count). The minimum absolute atomic E-state index is 0.0969. The Balaban J connectivity index is 0.000000305. The number of rotatable bonds is 18. The number of cyclic esters (lactones) is 2. The molecular weight excluding hydrogens is 917 g/mol. The molecule has 2 atom stereocenters. The van der Waals surface area contributed by atoms with Gasteiger partial charge in [0.25, 0.3) is 10.1 Å². The van der Waals surface area contributed by atoms with Crippen LogP contribution in [0.15, 0.2) is 48.5 Å². The molecule has 3 aliphatic rings. The minimum atomic E-state index is -3.65. The Morgan fingerprint density at radius 3 is 1.54 bits per heavy atom. The number of ether oxygens (including phenoxy) is 5. The first-order valence-electron chi connectivity index (χ1n) is 21.5. The van der Waals surface area contributed by atoms with Gasteiger partial charge in [0.05, 0.1) is 45.2 Å². The molecule has 3 aliphatic heterocycles. The molecule has 2 aromatic carbocycles. The molecule has 0 spiro atoms. The van der Waals surface area contributed by atoms with Crippen LogP contribution in [0.25, 0.3) is 0 Å². The van der Waals surface area contributed by atoms with Gasteiger partial charge in [0.1, 0.15) is 43.6 Å². The zero-order valence-electron chi connectivity index (χ0n) is 38.4. The van der Waals surface area contributed by atoms with Crippen LogP contribution in [0.5, 0.6) is 0 Å². The summed E-state index contributed by atoms with van der Waals surface area (Å²) in [5, 5.41) is 25.2. The molecule has 68 heavy (non-hydrogen) atoms. The smallest absolute Gasteiger partial charge is 0.414 e. The fourth-order valence-corrected chi connectivity index (χ4v) is 6.95. The molecule has 3 heterocycles. The largest absolute Gasteiger partial charge is 0.465 e. The van der Waals surface area contributed by atoms with Gasteiger partial charge in [-0.1, -0.05) is 0 Å². The average molecular weight is 975 g/mol. The summed E-state index contributed by atoms with van der Waals surface area (Å²) in [6, 6.07) is 11.3. The van der Waals surface area contributed by atoms with E-state index < -0.39 is 52.4 Å². The van der Waals surface area contributed by atoms with Crippen LogP contribution < -0.4 is 31.1 Å². The molecule has 3 fully saturated rings.